The van der Waals surface area contributed by atoms with Crippen molar-refractivity contribution in [2.24, 2.45) is 0 Å². The predicted octanol–water partition coefficient (Wildman–Crippen LogP) is 2.44. The van der Waals surface area contributed by atoms with Crippen molar-refractivity contribution in [1.29, 1.82) is 0 Å². The second-order valence-corrected chi connectivity index (χ2v) is 8.21. The van der Waals surface area contributed by atoms with E-state index in [-0.39, 0.29) is 23.5 Å². The molecule has 1 saturated heterocycles. The standard InChI is InChI=1S/C17H25NO3S/c1-2-3-12-18(16-11-13-22(20,21)14-16)17(19)10-9-15-7-5-4-6-8-15/h4-8,16H,2-3,9-14H2,1H3. The highest BCUT2D eigenvalue weighted by Crippen LogP contribution is 2.20. The number of sulfone groups is 1. The third kappa shape index (κ3) is 4.83. The summed E-state index contributed by atoms with van der Waals surface area (Å²) >= 11 is 0. The van der Waals surface area contributed by atoms with Gasteiger partial charge < -0.3 is 4.90 Å². The molecule has 1 aliphatic rings. The van der Waals surface area contributed by atoms with Crippen molar-refractivity contribution < 1.29 is 13.2 Å². The molecule has 0 radical (unpaired) electrons. The van der Waals surface area contributed by atoms with E-state index >= 15 is 0 Å². The fraction of sp³-hybridized carbons (Fsp3) is 0.588. The van der Waals surface area contributed by atoms with Crippen molar-refractivity contribution >= 4 is 15.7 Å². The molecule has 0 N–H and O–H groups in total. The molecular formula is C17H25NO3S. The van der Waals surface area contributed by atoms with Crippen LogP contribution in [-0.4, -0.2) is 43.3 Å². The molecule has 1 unspecified atom stereocenters. The molecule has 1 atom stereocenters. The fourth-order valence-electron chi connectivity index (χ4n) is 2.90. The Hall–Kier alpha value is -1.36. The number of hydrogen-bond donors (Lipinski definition) is 0. The number of rotatable bonds is 7. The maximum atomic E-state index is 12.6. The smallest absolute Gasteiger partial charge is 0.223 e. The molecule has 1 fully saturated rings. The normalized spacial score (nSPS) is 20.0. The van der Waals surface area contributed by atoms with Crippen LogP contribution in [0, 0.1) is 0 Å². The molecule has 0 saturated carbocycles. The second kappa shape index (κ2) is 7.77. The highest BCUT2D eigenvalue weighted by molar-refractivity contribution is 7.91. The summed E-state index contributed by atoms with van der Waals surface area (Å²) in [7, 11) is -2.96. The quantitative estimate of drug-likeness (QED) is 0.774. The summed E-state index contributed by atoms with van der Waals surface area (Å²) in [4.78, 5) is 14.4. The Morgan fingerprint density at radius 3 is 2.59 bits per heavy atom. The van der Waals surface area contributed by atoms with Gasteiger partial charge in [-0.05, 0) is 24.8 Å². The first-order valence-corrected chi connectivity index (χ1v) is 9.88. The van der Waals surface area contributed by atoms with Crippen LogP contribution in [-0.2, 0) is 21.1 Å². The molecule has 1 aromatic rings. The third-order valence-electron chi connectivity index (χ3n) is 4.19. The van der Waals surface area contributed by atoms with Crippen molar-refractivity contribution in [3.05, 3.63) is 35.9 Å². The van der Waals surface area contributed by atoms with Crippen molar-refractivity contribution in [1.82, 2.24) is 4.90 Å². The maximum Gasteiger partial charge on any atom is 0.223 e. The van der Waals surface area contributed by atoms with E-state index in [0.29, 0.717) is 25.8 Å². The van der Waals surface area contributed by atoms with Gasteiger partial charge in [0, 0.05) is 19.0 Å². The molecule has 22 heavy (non-hydrogen) atoms. The van der Waals surface area contributed by atoms with Gasteiger partial charge in [0.1, 0.15) is 0 Å². The van der Waals surface area contributed by atoms with Gasteiger partial charge in [-0.25, -0.2) is 8.42 Å². The monoisotopic (exact) mass is 323 g/mol. The van der Waals surface area contributed by atoms with E-state index in [1.165, 1.54) is 0 Å². The first kappa shape index (κ1) is 17.0. The Bertz CT molecular complexity index is 583. The average molecular weight is 323 g/mol. The first-order chi connectivity index (χ1) is 10.5. The molecule has 1 amide bonds. The van der Waals surface area contributed by atoms with E-state index in [9.17, 15) is 13.2 Å². The Labute approximate surface area is 133 Å². The van der Waals surface area contributed by atoms with Crippen molar-refractivity contribution in [2.75, 3.05) is 18.1 Å². The van der Waals surface area contributed by atoms with E-state index in [0.717, 1.165) is 18.4 Å². The van der Waals surface area contributed by atoms with Crippen molar-refractivity contribution in [2.45, 2.75) is 45.1 Å². The van der Waals surface area contributed by atoms with Crippen molar-refractivity contribution in [3.63, 3.8) is 0 Å². The number of nitrogens with zero attached hydrogens (tertiary/aromatic N) is 1. The molecule has 1 heterocycles. The molecule has 4 nitrogen and oxygen atoms in total. The SMILES string of the molecule is CCCCN(C(=O)CCc1ccccc1)C1CCS(=O)(=O)C1. The number of hydrogen-bond acceptors (Lipinski definition) is 3. The van der Waals surface area contributed by atoms with Crippen LogP contribution in [0.3, 0.4) is 0 Å². The van der Waals surface area contributed by atoms with Crippen LogP contribution < -0.4 is 0 Å². The van der Waals surface area contributed by atoms with Crippen LogP contribution in [0.4, 0.5) is 0 Å². The second-order valence-electron chi connectivity index (χ2n) is 5.98. The van der Waals surface area contributed by atoms with Gasteiger partial charge in [0.15, 0.2) is 9.84 Å². The molecule has 1 aromatic carbocycles. The van der Waals surface area contributed by atoms with Crippen LogP contribution in [0.15, 0.2) is 30.3 Å². The van der Waals surface area contributed by atoms with E-state index < -0.39 is 9.84 Å². The lowest BCUT2D eigenvalue weighted by Gasteiger charge is -2.28. The lowest BCUT2D eigenvalue weighted by atomic mass is 10.1. The molecule has 5 heteroatoms. The summed E-state index contributed by atoms with van der Waals surface area (Å²) in [6.07, 6.45) is 3.67. The zero-order valence-electron chi connectivity index (χ0n) is 13.2. The van der Waals surface area contributed by atoms with Gasteiger partial charge in [0.25, 0.3) is 0 Å². The van der Waals surface area contributed by atoms with Crippen LogP contribution in [0.5, 0.6) is 0 Å². The number of carbonyl (C=O) groups excluding carboxylic acids is 1. The molecule has 0 spiro atoms. The summed E-state index contributed by atoms with van der Waals surface area (Å²) in [5.74, 6) is 0.430. The molecule has 0 aromatic heterocycles. The predicted molar refractivity (Wildman–Crippen MR) is 88.4 cm³/mol. The molecule has 2 rings (SSSR count). The van der Waals surface area contributed by atoms with E-state index in [4.69, 9.17) is 0 Å². The number of unbranched alkanes of at least 4 members (excludes halogenated alkanes) is 1. The molecule has 0 bridgehead atoms. The summed E-state index contributed by atoms with van der Waals surface area (Å²) in [5.41, 5.74) is 1.14. The number of benzene rings is 1. The van der Waals surface area contributed by atoms with E-state index in [1.54, 1.807) is 0 Å². The minimum absolute atomic E-state index is 0.0828. The molecular weight excluding hydrogens is 298 g/mol. The number of carbonyl (C=O) groups is 1. The Morgan fingerprint density at radius 2 is 2.00 bits per heavy atom. The van der Waals surface area contributed by atoms with Gasteiger partial charge >= 0.3 is 0 Å². The Balaban J connectivity index is 1.97. The van der Waals surface area contributed by atoms with Gasteiger partial charge in [-0.1, -0.05) is 43.7 Å². The van der Waals surface area contributed by atoms with Gasteiger partial charge in [0.05, 0.1) is 11.5 Å². The zero-order valence-corrected chi connectivity index (χ0v) is 14.0. The number of aryl methyl sites for hydroxylation is 1. The lowest BCUT2D eigenvalue weighted by molar-refractivity contribution is -0.133. The zero-order chi connectivity index (χ0) is 16.0. The summed E-state index contributed by atoms with van der Waals surface area (Å²) in [6.45, 7) is 2.75. The lowest BCUT2D eigenvalue weighted by Crippen LogP contribution is -2.41. The van der Waals surface area contributed by atoms with Gasteiger partial charge in [-0.3, -0.25) is 4.79 Å². The summed E-state index contributed by atoms with van der Waals surface area (Å²) in [6, 6.07) is 9.81. The minimum Gasteiger partial charge on any atom is -0.339 e. The van der Waals surface area contributed by atoms with Crippen LogP contribution in [0.2, 0.25) is 0 Å². The van der Waals surface area contributed by atoms with E-state index in [1.807, 2.05) is 35.2 Å². The van der Waals surface area contributed by atoms with Gasteiger partial charge in [-0.15, -0.1) is 0 Å². The van der Waals surface area contributed by atoms with Crippen LogP contribution in [0.1, 0.15) is 38.2 Å². The first-order valence-electron chi connectivity index (χ1n) is 8.05. The highest BCUT2D eigenvalue weighted by Gasteiger charge is 2.34. The highest BCUT2D eigenvalue weighted by atomic mass is 32.2. The molecule has 1 aliphatic heterocycles. The number of amides is 1. The largest absolute Gasteiger partial charge is 0.339 e. The average Bonchev–Trinajstić information content (AvgIpc) is 2.86. The van der Waals surface area contributed by atoms with Crippen LogP contribution in [0.25, 0.3) is 0 Å². The minimum atomic E-state index is -2.96. The Morgan fingerprint density at radius 1 is 1.27 bits per heavy atom. The van der Waals surface area contributed by atoms with Gasteiger partial charge in [-0.2, -0.15) is 0 Å². The third-order valence-corrected chi connectivity index (χ3v) is 5.94. The fourth-order valence-corrected chi connectivity index (χ4v) is 4.63. The topological polar surface area (TPSA) is 54.5 Å². The molecule has 0 aliphatic carbocycles. The summed E-state index contributed by atoms with van der Waals surface area (Å²) < 4.78 is 23.4. The van der Waals surface area contributed by atoms with Gasteiger partial charge in [0.2, 0.25) is 5.91 Å². The molecule has 122 valence electrons. The van der Waals surface area contributed by atoms with E-state index in [2.05, 4.69) is 6.92 Å². The van der Waals surface area contributed by atoms with Crippen molar-refractivity contribution in [3.8, 4) is 0 Å². The van der Waals surface area contributed by atoms with Crippen LogP contribution >= 0.6 is 0 Å². The Kier molecular flexibility index (Phi) is 6.00. The maximum absolute atomic E-state index is 12.6. The summed E-state index contributed by atoms with van der Waals surface area (Å²) in [5, 5.41) is 0.